The number of amides is 1. The van der Waals surface area contributed by atoms with Gasteiger partial charge in [-0.15, -0.1) is 0 Å². The van der Waals surface area contributed by atoms with Crippen molar-refractivity contribution in [1.82, 2.24) is 10.3 Å². The monoisotopic (exact) mass is 494 g/mol. The number of carboxylic acids is 1. The molecule has 2 aromatic carbocycles. The van der Waals surface area contributed by atoms with Crippen LogP contribution in [0, 0.1) is 5.92 Å². The number of carbonyl (C=O) groups excluding carboxylic acids is 2. The van der Waals surface area contributed by atoms with E-state index in [9.17, 15) is 19.5 Å². The summed E-state index contributed by atoms with van der Waals surface area (Å²) in [7, 11) is 0. The van der Waals surface area contributed by atoms with E-state index in [1.165, 1.54) is 18.3 Å². The molecule has 0 bridgehead atoms. The summed E-state index contributed by atoms with van der Waals surface area (Å²) in [5.41, 5.74) is 2.93. The van der Waals surface area contributed by atoms with E-state index in [2.05, 4.69) is 10.3 Å². The highest BCUT2D eigenvalue weighted by Gasteiger charge is 2.23. The zero-order valence-electron chi connectivity index (χ0n) is 19.5. The highest BCUT2D eigenvalue weighted by molar-refractivity contribution is 6.30. The second-order valence-corrected chi connectivity index (χ2v) is 8.64. The lowest BCUT2D eigenvalue weighted by Crippen LogP contribution is -2.39. The minimum absolute atomic E-state index is 0.00464. The van der Waals surface area contributed by atoms with E-state index in [-0.39, 0.29) is 23.8 Å². The van der Waals surface area contributed by atoms with Crippen molar-refractivity contribution in [3.8, 4) is 11.1 Å². The van der Waals surface area contributed by atoms with E-state index in [0.717, 1.165) is 16.7 Å². The molecule has 0 saturated carbocycles. The fourth-order valence-corrected chi connectivity index (χ4v) is 3.92. The van der Waals surface area contributed by atoms with E-state index in [1.807, 2.05) is 48.5 Å². The van der Waals surface area contributed by atoms with E-state index < -0.39 is 23.8 Å². The Hall–Kier alpha value is -3.71. The molecule has 1 aromatic heterocycles. The summed E-state index contributed by atoms with van der Waals surface area (Å²) in [5.74, 6) is -2.43. The molecule has 0 aliphatic heterocycles. The second kappa shape index (κ2) is 12.1. The van der Waals surface area contributed by atoms with Crippen LogP contribution < -0.4 is 5.32 Å². The zero-order valence-corrected chi connectivity index (χ0v) is 20.3. The molecule has 7 nitrogen and oxygen atoms in total. The first-order valence-electron chi connectivity index (χ1n) is 11.3. The van der Waals surface area contributed by atoms with Gasteiger partial charge in [0.1, 0.15) is 5.69 Å². The van der Waals surface area contributed by atoms with Crippen LogP contribution in [0.25, 0.3) is 11.1 Å². The molecule has 0 unspecified atom stereocenters. The van der Waals surface area contributed by atoms with Crippen LogP contribution in [0.5, 0.6) is 0 Å². The topological polar surface area (TPSA) is 106 Å². The zero-order chi connectivity index (χ0) is 25.4. The molecule has 1 amide bonds. The number of carboxylic acid groups (broad SMARTS) is 1. The molecule has 0 fully saturated rings. The maximum Gasteiger partial charge on any atom is 0.335 e. The van der Waals surface area contributed by atoms with Gasteiger partial charge in [-0.2, -0.15) is 0 Å². The molecule has 8 heteroatoms. The number of aromatic nitrogens is 1. The first-order chi connectivity index (χ1) is 16.8. The number of hydrogen-bond donors (Lipinski definition) is 2. The van der Waals surface area contributed by atoms with Gasteiger partial charge in [-0.05, 0) is 60.7 Å². The summed E-state index contributed by atoms with van der Waals surface area (Å²) < 4.78 is 5.12. The summed E-state index contributed by atoms with van der Waals surface area (Å²) in [6, 6.07) is 17.6. The number of esters is 1. The van der Waals surface area contributed by atoms with Gasteiger partial charge in [0.05, 0.1) is 18.1 Å². The largest absolute Gasteiger partial charge is 0.478 e. The van der Waals surface area contributed by atoms with Crippen molar-refractivity contribution in [2.45, 2.75) is 32.7 Å². The molecule has 35 heavy (non-hydrogen) atoms. The molecule has 0 spiro atoms. The summed E-state index contributed by atoms with van der Waals surface area (Å²) in [6.07, 6.45) is 2.09. The smallest absolute Gasteiger partial charge is 0.335 e. The van der Waals surface area contributed by atoms with E-state index in [0.29, 0.717) is 17.9 Å². The Balaban J connectivity index is 1.78. The lowest BCUT2D eigenvalue weighted by Gasteiger charge is -2.22. The van der Waals surface area contributed by atoms with Gasteiger partial charge < -0.3 is 15.2 Å². The highest BCUT2D eigenvalue weighted by atomic mass is 35.5. The third-order valence-corrected chi connectivity index (χ3v) is 5.73. The normalized spacial score (nSPS) is 12.4. The van der Waals surface area contributed by atoms with Crippen LogP contribution in [0.4, 0.5) is 0 Å². The first kappa shape index (κ1) is 25.9. The van der Waals surface area contributed by atoms with Crippen LogP contribution in [0.2, 0.25) is 5.02 Å². The number of nitrogens with zero attached hydrogens (tertiary/aromatic N) is 1. The quantitative estimate of drug-likeness (QED) is 0.383. The van der Waals surface area contributed by atoms with Crippen LogP contribution in [0.15, 0.2) is 66.9 Å². The Bertz CT molecular complexity index is 1200. The third-order valence-electron chi connectivity index (χ3n) is 5.50. The van der Waals surface area contributed by atoms with E-state index in [1.54, 1.807) is 13.8 Å². The molecule has 3 rings (SSSR count). The second-order valence-electron chi connectivity index (χ2n) is 8.21. The number of pyridine rings is 1. The lowest BCUT2D eigenvalue weighted by molar-refractivity contribution is -0.147. The number of halogens is 1. The van der Waals surface area contributed by atoms with Crippen LogP contribution in [0.1, 0.15) is 46.7 Å². The van der Waals surface area contributed by atoms with Crippen LogP contribution in [-0.4, -0.2) is 40.6 Å². The van der Waals surface area contributed by atoms with Gasteiger partial charge in [-0.1, -0.05) is 54.9 Å². The number of hydrogen-bond acceptors (Lipinski definition) is 5. The van der Waals surface area contributed by atoms with Crippen LogP contribution >= 0.6 is 11.6 Å². The van der Waals surface area contributed by atoms with Gasteiger partial charge in [0.2, 0.25) is 0 Å². The van der Waals surface area contributed by atoms with Crippen molar-refractivity contribution in [3.05, 3.63) is 88.7 Å². The number of nitrogens with one attached hydrogen (secondary N) is 1. The Morgan fingerprint density at radius 1 is 1.06 bits per heavy atom. The maximum atomic E-state index is 12.9. The average Bonchev–Trinajstić information content (AvgIpc) is 2.84. The molecular formula is C27H27ClN2O5. The number of carbonyl (C=O) groups is 3. The molecular weight excluding hydrogens is 468 g/mol. The van der Waals surface area contributed by atoms with Crippen molar-refractivity contribution < 1.29 is 24.2 Å². The number of benzene rings is 2. The van der Waals surface area contributed by atoms with Crippen molar-refractivity contribution in [2.75, 3.05) is 6.61 Å². The summed E-state index contributed by atoms with van der Waals surface area (Å²) in [6.45, 7) is 3.77. The fraction of sp³-hybridized carbons (Fsp3) is 0.259. The SMILES string of the molecule is CCOC(=O)[C@H](C)C[C@@H](Cc1ccc(-c2cccc(Cl)c2)cc1)NC(=O)c1cc(C(=O)O)ccn1. The summed E-state index contributed by atoms with van der Waals surface area (Å²) in [4.78, 5) is 40.3. The summed E-state index contributed by atoms with van der Waals surface area (Å²) in [5, 5.41) is 12.8. The molecule has 0 aliphatic carbocycles. The average molecular weight is 495 g/mol. The third kappa shape index (κ3) is 7.39. The maximum absolute atomic E-state index is 12.9. The Labute approximate surface area is 209 Å². The highest BCUT2D eigenvalue weighted by Crippen LogP contribution is 2.24. The van der Waals surface area contributed by atoms with Crippen molar-refractivity contribution in [1.29, 1.82) is 0 Å². The van der Waals surface area contributed by atoms with Crippen LogP contribution in [0.3, 0.4) is 0 Å². The Kier molecular flexibility index (Phi) is 8.98. The molecule has 0 radical (unpaired) electrons. The van der Waals surface area contributed by atoms with E-state index >= 15 is 0 Å². The Morgan fingerprint density at radius 3 is 2.46 bits per heavy atom. The molecule has 2 N–H and O–H groups in total. The van der Waals surface area contributed by atoms with Gasteiger partial charge in [0.15, 0.2) is 0 Å². The van der Waals surface area contributed by atoms with Crippen molar-refractivity contribution in [3.63, 3.8) is 0 Å². The van der Waals surface area contributed by atoms with Gasteiger partial charge >= 0.3 is 11.9 Å². The predicted octanol–water partition coefficient (Wildman–Crippen LogP) is 5.03. The first-order valence-corrected chi connectivity index (χ1v) is 11.7. The molecule has 182 valence electrons. The number of rotatable bonds is 10. The molecule has 3 aromatic rings. The minimum atomic E-state index is -1.14. The predicted molar refractivity (Wildman–Crippen MR) is 133 cm³/mol. The van der Waals surface area contributed by atoms with Gasteiger partial charge in [0, 0.05) is 17.3 Å². The Morgan fingerprint density at radius 2 is 1.80 bits per heavy atom. The molecule has 0 aliphatic rings. The molecule has 0 saturated heterocycles. The van der Waals surface area contributed by atoms with Gasteiger partial charge in [-0.25, -0.2) is 4.79 Å². The minimum Gasteiger partial charge on any atom is -0.478 e. The lowest BCUT2D eigenvalue weighted by atomic mass is 9.94. The van der Waals surface area contributed by atoms with Crippen molar-refractivity contribution >= 4 is 29.4 Å². The van der Waals surface area contributed by atoms with E-state index in [4.69, 9.17) is 16.3 Å². The standard InChI is InChI=1S/C27H27ClN2O5/c1-3-35-27(34)17(2)13-23(30-25(31)24-16-21(26(32)33)11-12-29-24)14-18-7-9-19(10-8-18)20-5-4-6-22(28)15-20/h4-12,15-17,23H,3,13-14H2,1-2H3,(H,30,31)(H,32,33)/t17-,23+/m1/s1. The number of ether oxygens (including phenoxy) is 1. The molecule has 2 atom stereocenters. The summed E-state index contributed by atoms with van der Waals surface area (Å²) >= 11 is 6.10. The van der Waals surface area contributed by atoms with Crippen molar-refractivity contribution in [2.24, 2.45) is 5.92 Å². The molecule has 1 heterocycles. The van der Waals surface area contributed by atoms with Gasteiger partial charge in [-0.3, -0.25) is 14.6 Å². The fourth-order valence-electron chi connectivity index (χ4n) is 3.73. The van der Waals surface area contributed by atoms with Crippen LogP contribution in [-0.2, 0) is 16.0 Å². The van der Waals surface area contributed by atoms with Gasteiger partial charge in [0.25, 0.3) is 5.91 Å². The number of aromatic carboxylic acids is 1.